The molecule has 4 heteroatoms. The normalized spacial score (nSPS) is 10.9. The van der Waals surface area contributed by atoms with Crippen LogP contribution in [0.4, 0.5) is 0 Å². The Bertz CT molecular complexity index is 947. The van der Waals surface area contributed by atoms with Crippen molar-refractivity contribution in [2.75, 3.05) is 10.7 Å². The topological polar surface area (TPSA) is 47.6 Å². The quantitative estimate of drug-likeness (QED) is 0.345. The number of halogens is 2. The standard InChI is InChI=1S/C24H20Br2N2/c25-13-2-1-3-23(15-19-4-8-21(17-27)9-5-19)24(12-14-26)16-20-6-10-22(18-28)11-7-20/h4-11H,2,12-16H2/b24-23+. The zero-order valence-electron chi connectivity index (χ0n) is 15.5. The molecule has 0 fully saturated rings. The van der Waals surface area contributed by atoms with Gasteiger partial charge in [-0.2, -0.15) is 10.5 Å². The minimum Gasteiger partial charge on any atom is -0.192 e. The summed E-state index contributed by atoms with van der Waals surface area (Å²) in [6, 6.07) is 19.8. The molecular formula is C24H20Br2N2. The minimum absolute atomic E-state index is 0.665. The van der Waals surface area contributed by atoms with Crippen molar-refractivity contribution in [1.82, 2.24) is 0 Å². The van der Waals surface area contributed by atoms with Crippen LogP contribution in [0.15, 0.2) is 59.7 Å². The van der Waals surface area contributed by atoms with E-state index in [1.807, 2.05) is 48.5 Å². The maximum atomic E-state index is 9.00. The summed E-state index contributed by atoms with van der Waals surface area (Å²) >= 11 is 7.01. The van der Waals surface area contributed by atoms with E-state index in [1.165, 1.54) is 11.1 Å². The van der Waals surface area contributed by atoms with Gasteiger partial charge in [0.15, 0.2) is 0 Å². The van der Waals surface area contributed by atoms with Crippen LogP contribution in [0.5, 0.6) is 0 Å². The molecule has 140 valence electrons. The number of nitriles is 2. The Morgan fingerprint density at radius 1 is 0.750 bits per heavy atom. The lowest BCUT2D eigenvalue weighted by atomic mass is 9.93. The molecule has 2 aromatic carbocycles. The minimum atomic E-state index is 0.665. The summed E-state index contributed by atoms with van der Waals surface area (Å²) in [5.41, 5.74) is 6.09. The fourth-order valence-corrected chi connectivity index (χ4v) is 3.46. The van der Waals surface area contributed by atoms with E-state index in [-0.39, 0.29) is 0 Å². The van der Waals surface area contributed by atoms with Crippen LogP contribution in [0.2, 0.25) is 0 Å². The van der Waals surface area contributed by atoms with Gasteiger partial charge in [0.05, 0.1) is 23.3 Å². The van der Waals surface area contributed by atoms with Gasteiger partial charge in [-0.05, 0) is 48.2 Å². The summed E-state index contributed by atoms with van der Waals surface area (Å²) < 4.78 is 0. The van der Waals surface area contributed by atoms with Gasteiger partial charge < -0.3 is 0 Å². The third-order valence-corrected chi connectivity index (χ3v) is 5.04. The molecule has 0 radical (unpaired) electrons. The van der Waals surface area contributed by atoms with Crippen molar-refractivity contribution in [3.63, 3.8) is 0 Å². The SMILES string of the molecule is N#Cc1ccc(C/C(C#CCCBr)=C(\CCBr)Cc2ccc(C#N)cc2)cc1. The zero-order valence-corrected chi connectivity index (χ0v) is 18.7. The van der Waals surface area contributed by atoms with Gasteiger partial charge in [-0.1, -0.05) is 73.5 Å². The third-order valence-electron chi connectivity index (χ3n) is 4.25. The van der Waals surface area contributed by atoms with Gasteiger partial charge in [-0.3, -0.25) is 0 Å². The molecule has 0 unspecified atom stereocenters. The first-order valence-corrected chi connectivity index (χ1v) is 11.2. The molecule has 0 aliphatic heterocycles. The lowest BCUT2D eigenvalue weighted by Crippen LogP contribution is -2.01. The van der Waals surface area contributed by atoms with E-state index in [4.69, 9.17) is 10.5 Å². The van der Waals surface area contributed by atoms with Crippen molar-refractivity contribution in [2.24, 2.45) is 0 Å². The zero-order chi connectivity index (χ0) is 20.2. The smallest absolute Gasteiger partial charge is 0.0991 e. The molecule has 2 rings (SSSR count). The predicted octanol–water partition coefficient (Wildman–Crippen LogP) is 6.09. The largest absolute Gasteiger partial charge is 0.192 e. The molecule has 0 saturated carbocycles. The number of nitrogens with zero attached hydrogens (tertiary/aromatic N) is 2. The Morgan fingerprint density at radius 2 is 1.29 bits per heavy atom. The fraction of sp³-hybridized carbons (Fsp3) is 0.250. The molecule has 2 nitrogen and oxygen atoms in total. The molecule has 0 aromatic heterocycles. The molecule has 0 amide bonds. The van der Waals surface area contributed by atoms with E-state index in [0.29, 0.717) is 11.1 Å². The first-order valence-electron chi connectivity index (χ1n) is 9.00. The van der Waals surface area contributed by atoms with E-state index < -0.39 is 0 Å². The predicted molar refractivity (Wildman–Crippen MR) is 121 cm³/mol. The van der Waals surface area contributed by atoms with E-state index in [9.17, 15) is 0 Å². The monoisotopic (exact) mass is 494 g/mol. The van der Waals surface area contributed by atoms with Crippen LogP contribution in [0.3, 0.4) is 0 Å². The molecule has 0 aliphatic carbocycles. The van der Waals surface area contributed by atoms with Crippen LogP contribution in [0, 0.1) is 34.5 Å². The molecule has 0 heterocycles. The Morgan fingerprint density at radius 3 is 1.75 bits per heavy atom. The van der Waals surface area contributed by atoms with E-state index in [0.717, 1.165) is 47.5 Å². The number of allylic oxidation sites excluding steroid dienone is 2. The highest BCUT2D eigenvalue weighted by molar-refractivity contribution is 9.09. The van der Waals surface area contributed by atoms with Crippen LogP contribution in [0.25, 0.3) is 0 Å². The summed E-state index contributed by atoms with van der Waals surface area (Å²) in [6.07, 6.45) is 3.27. The fourth-order valence-electron chi connectivity index (χ4n) is 2.78. The summed E-state index contributed by atoms with van der Waals surface area (Å²) in [4.78, 5) is 0. The molecular weight excluding hydrogens is 476 g/mol. The van der Waals surface area contributed by atoms with E-state index in [1.54, 1.807) is 0 Å². The highest BCUT2D eigenvalue weighted by Crippen LogP contribution is 2.21. The summed E-state index contributed by atoms with van der Waals surface area (Å²) in [5.74, 6) is 6.64. The second-order valence-electron chi connectivity index (χ2n) is 6.23. The first kappa shape index (κ1) is 22.0. The number of hydrogen-bond donors (Lipinski definition) is 0. The molecule has 0 spiro atoms. The van der Waals surface area contributed by atoms with Crippen molar-refractivity contribution < 1.29 is 0 Å². The Kier molecular flexibility index (Phi) is 9.57. The molecule has 2 aromatic rings. The molecule has 0 bridgehead atoms. The lowest BCUT2D eigenvalue weighted by molar-refractivity contribution is 0.975. The Hall–Kier alpha value is -2.32. The van der Waals surface area contributed by atoms with E-state index in [2.05, 4.69) is 55.8 Å². The Labute approximate surface area is 184 Å². The van der Waals surface area contributed by atoms with Gasteiger partial charge >= 0.3 is 0 Å². The number of rotatable bonds is 7. The van der Waals surface area contributed by atoms with Crippen LogP contribution >= 0.6 is 31.9 Å². The van der Waals surface area contributed by atoms with Crippen molar-refractivity contribution in [1.29, 1.82) is 10.5 Å². The average molecular weight is 496 g/mol. The van der Waals surface area contributed by atoms with Crippen molar-refractivity contribution in [3.05, 3.63) is 81.9 Å². The summed E-state index contributed by atoms with van der Waals surface area (Å²) in [6.45, 7) is 0. The highest BCUT2D eigenvalue weighted by atomic mass is 79.9. The second kappa shape index (κ2) is 12.2. The van der Waals surface area contributed by atoms with Crippen molar-refractivity contribution in [2.45, 2.75) is 25.7 Å². The van der Waals surface area contributed by atoms with Crippen LogP contribution in [-0.4, -0.2) is 10.7 Å². The lowest BCUT2D eigenvalue weighted by Gasteiger charge is -2.12. The number of hydrogen-bond acceptors (Lipinski definition) is 2. The van der Waals surface area contributed by atoms with Crippen LogP contribution < -0.4 is 0 Å². The van der Waals surface area contributed by atoms with Gasteiger partial charge in [0.25, 0.3) is 0 Å². The van der Waals surface area contributed by atoms with Gasteiger partial charge in [0.1, 0.15) is 0 Å². The van der Waals surface area contributed by atoms with Gasteiger partial charge in [-0.15, -0.1) is 0 Å². The molecule has 28 heavy (non-hydrogen) atoms. The van der Waals surface area contributed by atoms with Gasteiger partial charge in [-0.25, -0.2) is 0 Å². The van der Waals surface area contributed by atoms with Gasteiger partial charge in [0, 0.05) is 29.1 Å². The summed E-state index contributed by atoms with van der Waals surface area (Å²) in [7, 11) is 0. The Balaban J connectivity index is 2.36. The van der Waals surface area contributed by atoms with E-state index >= 15 is 0 Å². The van der Waals surface area contributed by atoms with Crippen molar-refractivity contribution >= 4 is 31.9 Å². The second-order valence-corrected chi connectivity index (χ2v) is 7.82. The number of alkyl halides is 2. The van der Waals surface area contributed by atoms with Crippen molar-refractivity contribution in [3.8, 4) is 24.0 Å². The number of benzene rings is 2. The average Bonchev–Trinajstić information content (AvgIpc) is 2.74. The van der Waals surface area contributed by atoms with Crippen LogP contribution in [-0.2, 0) is 12.8 Å². The third kappa shape index (κ3) is 7.01. The highest BCUT2D eigenvalue weighted by Gasteiger charge is 2.08. The summed E-state index contributed by atoms with van der Waals surface area (Å²) in [5, 5.41) is 19.7. The maximum absolute atomic E-state index is 9.00. The molecule has 0 N–H and O–H groups in total. The molecule has 0 atom stereocenters. The van der Waals surface area contributed by atoms with Gasteiger partial charge in [0.2, 0.25) is 0 Å². The van der Waals surface area contributed by atoms with Crippen LogP contribution in [0.1, 0.15) is 35.1 Å². The first-order chi connectivity index (χ1) is 13.7. The molecule has 0 aliphatic rings. The molecule has 0 saturated heterocycles. The maximum Gasteiger partial charge on any atom is 0.0991 e.